The molecule has 0 aliphatic carbocycles. The molecule has 1 N–H and O–H groups in total. The zero-order valence-electron chi connectivity index (χ0n) is 11.9. The van der Waals surface area contributed by atoms with E-state index in [0.717, 1.165) is 0 Å². The zero-order valence-corrected chi connectivity index (χ0v) is 11.9. The fourth-order valence-electron chi connectivity index (χ4n) is 1.91. The summed E-state index contributed by atoms with van der Waals surface area (Å²) in [5, 5.41) is 13.3. The summed E-state index contributed by atoms with van der Waals surface area (Å²) >= 11 is 0. The van der Waals surface area contributed by atoms with Gasteiger partial charge in [0.15, 0.2) is 5.78 Å². The first kappa shape index (κ1) is 15.4. The van der Waals surface area contributed by atoms with E-state index in [2.05, 4.69) is 5.32 Å². The third kappa shape index (κ3) is 3.99. The molecule has 0 heterocycles. The van der Waals surface area contributed by atoms with Gasteiger partial charge in [-0.05, 0) is 36.8 Å². The Balaban J connectivity index is 1.97. The van der Waals surface area contributed by atoms with Gasteiger partial charge in [0.25, 0.3) is 5.69 Å². The van der Waals surface area contributed by atoms with Gasteiger partial charge in [-0.3, -0.25) is 19.7 Å². The van der Waals surface area contributed by atoms with Gasteiger partial charge < -0.3 is 5.32 Å². The van der Waals surface area contributed by atoms with Crippen LogP contribution in [0.15, 0.2) is 48.5 Å². The van der Waals surface area contributed by atoms with Gasteiger partial charge in [0, 0.05) is 23.4 Å². The number of nitrogens with one attached hydrogen (secondary N) is 1. The number of hydrogen-bond acceptors (Lipinski definition) is 4. The van der Waals surface area contributed by atoms with Crippen molar-refractivity contribution in [1.82, 2.24) is 0 Å². The Bertz CT molecular complexity index is 644. The molecule has 0 spiro atoms. The summed E-state index contributed by atoms with van der Waals surface area (Å²) in [6, 6.07) is 12.4. The highest BCUT2D eigenvalue weighted by Crippen LogP contribution is 2.14. The van der Waals surface area contributed by atoms with Gasteiger partial charge in [-0.15, -0.1) is 0 Å². The van der Waals surface area contributed by atoms with Gasteiger partial charge in [0.1, 0.15) is 0 Å². The van der Waals surface area contributed by atoms with Crippen molar-refractivity contribution in [1.29, 1.82) is 0 Å². The van der Waals surface area contributed by atoms with Gasteiger partial charge in [0.05, 0.1) is 11.3 Å². The Labute approximate surface area is 126 Å². The summed E-state index contributed by atoms with van der Waals surface area (Å²) in [4.78, 5) is 33.1. The van der Waals surface area contributed by atoms with Crippen LogP contribution < -0.4 is 5.32 Å². The number of Topliss-reactive ketones (excluding diaryl/α,β-unsaturated/α-hetero) is 1. The highest BCUT2D eigenvalue weighted by atomic mass is 16.6. The van der Waals surface area contributed by atoms with E-state index in [-0.39, 0.29) is 23.8 Å². The van der Waals surface area contributed by atoms with Crippen molar-refractivity contribution >= 4 is 23.1 Å². The minimum Gasteiger partial charge on any atom is -0.326 e. The molecule has 0 aliphatic heterocycles. The molecule has 0 saturated carbocycles. The highest BCUT2D eigenvalue weighted by Gasteiger charge is 2.08. The Morgan fingerprint density at radius 2 is 1.64 bits per heavy atom. The van der Waals surface area contributed by atoms with Gasteiger partial charge in [-0.1, -0.05) is 12.1 Å². The molecule has 0 aromatic heterocycles. The molecular formula is C16H14N2O4. The van der Waals surface area contributed by atoms with Gasteiger partial charge in [-0.2, -0.15) is 0 Å². The molecule has 2 aromatic rings. The van der Waals surface area contributed by atoms with Crippen molar-refractivity contribution in [2.75, 3.05) is 5.32 Å². The maximum atomic E-state index is 11.9. The summed E-state index contributed by atoms with van der Waals surface area (Å²) in [5.41, 5.74) is 1.85. The maximum Gasteiger partial charge on any atom is 0.269 e. The Morgan fingerprint density at radius 1 is 1.05 bits per heavy atom. The Kier molecular flexibility index (Phi) is 4.63. The van der Waals surface area contributed by atoms with Crippen LogP contribution in [-0.4, -0.2) is 16.6 Å². The normalized spacial score (nSPS) is 10.0. The smallest absolute Gasteiger partial charge is 0.269 e. The van der Waals surface area contributed by atoms with E-state index in [1.165, 1.54) is 19.1 Å². The minimum atomic E-state index is -0.486. The first-order chi connectivity index (χ1) is 10.5. The number of non-ortho nitro benzene ring substituents is 1. The summed E-state index contributed by atoms with van der Waals surface area (Å²) < 4.78 is 0. The highest BCUT2D eigenvalue weighted by molar-refractivity contribution is 5.96. The van der Waals surface area contributed by atoms with Crippen molar-refractivity contribution in [2.45, 2.75) is 13.3 Å². The van der Waals surface area contributed by atoms with Crippen LogP contribution >= 0.6 is 0 Å². The number of nitro groups is 1. The SMILES string of the molecule is CC(=O)c1ccc(NC(=O)Cc2ccc([N+](=O)[O-])cc2)cc1. The van der Waals surface area contributed by atoms with E-state index in [0.29, 0.717) is 16.8 Å². The van der Waals surface area contributed by atoms with Crippen LogP contribution in [0, 0.1) is 10.1 Å². The van der Waals surface area contributed by atoms with Crippen LogP contribution in [-0.2, 0) is 11.2 Å². The lowest BCUT2D eigenvalue weighted by molar-refractivity contribution is -0.384. The average molecular weight is 298 g/mol. The molecular weight excluding hydrogens is 284 g/mol. The van der Waals surface area contributed by atoms with Crippen molar-refractivity contribution in [3.05, 3.63) is 69.8 Å². The standard InChI is InChI=1S/C16H14N2O4/c1-11(19)13-4-6-14(7-5-13)17-16(20)10-12-2-8-15(9-3-12)18(21)22/h2-9H,10H2,1H3,(H,17,20). The number of hydrogen-bond donors (Lipinski definition) is 1. The lowest BCUT2D eigenvalue weighted by atomic mass is 10.1. The molecule has 0 atom stereocenters. The van der Waals surface area contributed by atoms with E-state index in [9.17, 15) is 19.7 Å². The molecule has 1 amide bonds. The predicted octanol–water partition coefficient (Wildman–Crippen LogP) is 2.98. The van der Waals surface area contributed by atoms with Crippen molar-refractivity contribution in [2.24, 2.45) is 0 Å². The number of benzene rings is 2. The lowest BCUT2D eigenvalue weighted by Gasteiger charge is -2.06. The molecule has 0 bridgehead atoms. The molecule has 2 aromatic carbocycles. The fraction of sp³-hybridized carbons (Fsp3) is 0.125. The molecule has 112 valence electrons. The molecule has 22 heavy (non-hydrogen) atoms. The number of rotatable bonds is 5. The van der Waals surface area contributed by atoms with Gasteiger partial charge in [-0.25, -0.2) is 0 Å². The number of amides is 1. The molecule has 0 unspecified atom stereocenters. The number of nitrogens with zero attached hydrogens (tertiary/aromatic N) is 1. The van der Waals surface area contributed by atoms with Crippen LogP contribution in [0.25, 0.3) is 0 Å². The lowest BCUT2D eigenvalue weighted by Crippen LogP contribution is -2.14. The zero-order chi connectivity index (χ0) is 16.1. The Hall–Kier alpha value is -3.02. The molecule has 6 heteroatoms. The number of carbonyl (C=O) groups is 2. The number of carbonyl (C=O) groups excluding carboxylic acids is 2. The molecule has 0 aliphatic rings. The first-order valence-electron chi connectivity index (χ1n) is 6.60. The summed E-state index contributed by atoms with van der Waals surface area (Å²) in [6.07, 6.45) is 0.118. The first-order valence-corrected chi connectivity index (χ1v) is 6.60. The summed E-state index contributed by atoms with van der Waals surface area (Å²) in [6.45, 7) is 1.47. The van der Waals surface area contributed by atoms with E-state index < -0.39 is 4.92 Å². The molecule has 0 saturated heterocycles. The van der Waals surface area contributed by atoms with Crippen LogP contribution in [0.5, 0.6) is 0 Å². The predicted molar refractivity (Wildman–Crippen MR) is 81.9 cm³/mol. The van der Waals surface area contributed by atoms with Crippen LogP contribution in [0.1, 0.15) is 22.8 Å². The summed E-state index contributed by atoms with van der Waals surface area (Å²) in [5.74, 6) is -0.270. The van der Waals surface area contributed by atoms with Crippen LogP contribution in [0.3, 0.4) is 0 Å². The molecule has 0 radical (unpaired) electrons. The van der Waals surface area contributed by atoms with Crippen molar-refractivity contribution in [3.8, 4) is 0 Å². The van der Waals surface area contributed by atoms with Gasteiger partial charge >= 0.3 is 0 Å². The number of ketones is 1. The monoisotopic (exact) mass is 298 g/mol. The molecule has 0 fully saturated rings. The van der Waals surface area contributed by atoms with Crippen molar-refractivity contribution in [3.63, 3.8) is 0 Å². The largest absolute Gasteiger partial charge is 0.326 e. The number of nitro benzene ring substituents is 1. The van der Waals surface area contributed by atoms with E-state index >= 15 is 0 Å². The average Bonchev–Trinajstić information content (AvgIpc) is 2.48. The number of anilines is 1. The Morgan fingerprint density at radius 3 is 2.14 bits per heavy atom. The maximum absolute atomic E-state index is 11.9. The summed E-state index contributed by atoms with van der Waals surface area (Å²) in [7, 11) is 0. The van der Waals surface area contributed by atoms with Gasteiger partial charge in [0.2, 0.25) is 5.91 Å². The second-order valence-electron chi connectivity index (χ2n) is 4.78. The molecule has 2 rings (SSSR count). The van der Waals surface area contributed by atoms with Crippen LogP contribution in [0.2, 0.25) is 0 Å². The second-order valence-corrected chi connectivity index (χ2v) is 4.78. The second kappa shape index (κ2) is 6.62. The topological polar surface area (TPSA) is 89.3 Å². The van der Waals surface area contributed by atoms with E-state index in [4.69, 9.17) is 0 Å². The third-order valence-corrected chi connectivity index (χ3v) is 3.09. The third-order valence-electron chi connectivity index (χ3n) is 3.09. The molecule has 6 nitrogen and oxygen atoms in total. The van der Waals surface area contributed by atoms with E-state index in [1.54, 1.807) is 36.4 Å². The van der Waals surface area contributed by atoms with E-state index in [1.807, 2.05) is 0 Å². The minimum absolute atomic E-state index is 0.0102. The quantitative estimate of drug-likeness (QED) is 0.522. The van der Waals surface area contributed by atoms with Crippen LogP contribution in [0.4, 0.5) is 11.4 Å². The van der Waals surface area contributed by atoms with Crippen molar-refractivity contribution < 1.29 is 14.5 Å². The fourth-order valence-corrected chi connectivity index (χ4v) is 1.91.